The van der Waals surface area contributed by atoms with E-state index in [1.165, 1.54) is 0 Å². The van der Waals surface area contributed by atoms with Gasteiger partial charge < -0.3 is 4.84 Å². The molecule has 1 aliphatic heterocycles. The van der Waals surface area contributed by atoms with Crippen molar-refractivity contribution in [2.45, 2.75) is 18.8 Å². The summed E-state index contributed by atoms with van der Waals surface area (Å²) in [6, 6.07) is 13.6. The third-order valence-corrected chi connectivity index (χ3v) is 4.13. The minimum atomic E-state index is -0.679. The third kappa shape index (κ3) is 2.21. The lowest BCUT2D eigenvalue weighted by Gasteiger charge is -2.14. The number of nitrogens with zero attached hydrogens (tertiary/aromatic N) is 1. The van der Waals surface area contributed by atoms with Gasteiger partial charge in [-0.15, -0.1) is 0 Å². The summed E-state index contributed by atoms with van der Waals surface area (Å²) < 4.78 is 0. The standard InChI is InChI=1S/C18H13NO4/c20-16-13-6-2-3-7-14(13)17(21)19(16)23-18(22)15-8-4-1-5-12(15)11-9-10-11/h1-8,11H,9-10H2. The van der Waals surface area contributed by atoms with Crippen molar-refractivity contribution in [3.63, 3.8) is 0 Å². The highest BCUT2D eigenvalue weighted by atomic mass is 16.7. The largest absolute Gasteiger partial charge is 0.364 e. The van der Waals surface area contributed by atoms with Gasteiger partial charge in [-0.3, -0.25) is 9.59 Å². The van der Waals surface area contributed by atoms with Crippen LogP contribution >= 0.6 is 0 Å². The Morgan fingerprint density at radius 2 is 1.48 bits per heavy atom. The van der Waals surface area contributed by atoms with Crippen LogP contribution in [0.25, 0.3) is 0 Å². The van der Waals surface area contributed by atoms with Crippen LogP contribution in [0.5, 0.6) is 0 Å². The van der Waals surface area contributed by atoms with Crippen molar-refractivity contribution in [3.8, 4) is 0 Å². The zero-order chi connectivity index (χ0) is 16.0. The summed E-state index contributed by atoms with van der Waals surface area (Å²) in [6.07, 6.45) is 2.08. The van der Waals surface area contributed by atoms with E-state index in [0.29, 0.717) is 16.5 Å². The van der Waals surface area contributed by atoms with E-state index in [0.717, 1.165) is 18.4 Å². The van der Waals surface area contributed by atoms with Crippen molar-refractivity contribution in [2.24, 2.45) is 0 Å². The number of hydrogen-bond acceptors (Lipinski definition) is 4. The summed E-state index contributed by atoms with van der Waals surface area (Å²) in [6.45, 7) is 0. The molecule has 2 amide bonds. The van der Waals surface area contributed by atoms with Gasteiger partial charge in [0.1, 0.15) is 0 Å². The first-order valence-corrected chi connectivity index (χ1v) is 7.46. The highest BCUT2D eigenvalue weighted by molar-refractivity contribution is 6.21. The normalized spacial score (nSPS) is 16.4. The lowest BCUT2D eigenvalue weighted by Crippen LogP contribution is -2.33. The Kier molecular flexibility index (Phi) is 3.01. The van der Waals surface area contributed by atoms with Gasteiger partial charge in [0.2, 0.25) is 0 Å². The molecule has 0 N–H and O–H groups in total. The molecule has 0 radical (unpaired) electrons. The molecule has 114 valence electrons. The average molecular weight is 307 g/mol. The summed E-state index contributed by atoms with van der Waals surface area (Å²) in [5.41, 5.74) is 1.82. The minimum Gasteiger partial charge on any atom is -0.324 e. The second-order valence-electron chi connectivity index (χ2n) is 5.69. The number of carbonyl (C=O) groups is 3. The van der Waals surface area contributed by atoms with E-state index in [-0.39, 0.29) is 11.1 Å². The van der Waals surface area contributed by atoms with Crippen LogP contribution < -0.4 is 0 Å². The maximum atomic E-state index is 12.4. The van der Waals surface area contributed by atoms with Crippen molar-refractivity contribution in [1.82, 2.24) is 5.06 Å². The smallest absolute Gasteiger partial charge is 0.324 e. The molecule has 2 aliphatic rings. The quantitative estimate of drug-likeness (QED) is 0.818. The first-order valence-electron chi connectivity index (χ1n) is 7.46. The molecular weight excluding hydrogens is 294 g/mol. The molecule has 1 saturated carbocycles. The molecule has 2 aromatic carbocycles. The van der Waals surface area contributed by atoms with Gasteiger partial charge in [-0.1, -0.05) is 35.4 Å². The van der Waals surface area contributed by atoms with Crippen LogP contribution in [0, 0.1) is 0 Å². The molecule has 0 atom stereocenters. The Bertz CT molecular complexity index is 803. The van der Waals surface area contributed by atoms with E-state index in [4.69, 9.17) is 4.84 Å². The number of rotatable bonds is 3. The molecule has 1 fully saturated rings. The van der Waals surface area contributed by atoms with Gasteiger partial charge in [-0.25, -0.2) is 4.79 Å². The maximum Gasteiger partial charge on any atom is 0.364 e. The number of imide groups is 1. The molecule has 23 heavy (non-hydrogen) atoms. The zero-order valence-electron chi connectivity index (χ0n) is 12.2. The van der Waals surface area contributed by atoms with E-state index in [1.54, 1.807) is 36.4 Å². The number of amides is 2. The Labute approximate surface area is 132 Å². The highest BCUT2D eigenvalue weighted by Crippen LogP contribution is 2.41. The van der Waals surface area contributed by atoms with Gasteiger partial charge in [0, 0.05) is 0 Å². The van der Waals surface area contributed by atoms with Gasteiger partial charge in [-0.05, 0) is 42.5 Å². The van der Waals surface area contributed by atoms with Crippen molar-refractivity contribution >= 4 is 17.8 Å². The molecule has 1 heterocycles. The van der Waals surface area contributed by atoms with Crippen LogP contribution in [0.2, 0.25) is 0 Å². The van der Waals surface area contributed by atoms with Crippen molar-refractivity contribution in [2.75, 3.05) is 0 Å². The van der Waals surface area contributed by atoms with Crippen molar-refractivity contribution < 1.29 is 19.2 Å². The van der Waals surface area contributed by atoms with E-state index < -0.39 is 17.8 Å². The molecule has 0 bridgehead atoms. The molecule has 2 aromatic rings. The SMILES string of the molecule is O=C(ON1C(=O)c2ccccc2C1=O)c1ccccc1C1CC1. The maximum absolute atomic E-state index is 12.4. The average Bonchev–Trinajstić information content (AvgIpc) is 3.40. The predicted octanol–water partition coefficient (Wildman–Crippen LogP) is 2.93. The lowest BCUT2D eigenvalue weighted by atomic mass is 10.0. The number of hydroxylamine groups is 2. The van der Waals surface area contributed by atoms with Gasteiger partial charge in [0.25, 0.3) is 11.8 Å². The van der Waals surface area contributed by atoms with E-state index in [9.17, 15) is 14.4 Å². The van der Waals surface area contributed by atoms with Gasteiger partial charge in [0.05, 0.1) is 16.7 Å². The zero-order valence-corrected chi connectivity index (χ0v) is 12.2. The van der Waals surface area contributed by atoms with Gasteiger partial charge in [-0.2, -0.15) is 0 Å². The third-order valence-electron chi connectivity index (χ3n) is 4.13. The summed E-state index contributed by atoms with van der Waals surface area (Å²) >= 11 is 0. The Morgan fingerprint density at radius 3 is 2.09 bits per heavy atom. The number of carbonyl (C=O) groups excluding carboxylic acids is 3. The van der Waals surface area contributed by atoms with Crippen molar-refractivity contribution in [1.29, 1.82) is 0 Å². The highest BCUT2D eigenvalue weighted by Gasteiger charge is 2.39. The monoisotopic (exact) mass is 307 g/mol. The summed E-state index contributed by atoms with van der Waals surface area (Å²) in [5, 5.41) is 0.552. The van der Waals surface area contributed by atoms with Crippen molar-refractivity contribution in [3.05, 3.63) is 70.8 Å². The summed E-state index contributed by atoms with van der Waals surface area (Å²) in [7, 11) is 0. The van der Waals surface area contributed by atoms with Crippen LogP contribution in [0.15, 0.2) is 48.5 Å². The fourth-order valence-corrected chi connectivity index (χ4v) is 2.82. The Hall–Kier alpha value is -2.95. The number of fused-ring (bicyclic) bond motifs is 1. The number of benzene rings is 2. The Balaban J connectivity index is 1.61. The molecule has 0 spiro atoms. The first kappa shape index (κ1) is 13.7. The predicted molar refractivity (Wildman–Crippen MR) is 80.8 cm³/mol. The van der Waals surface area contributed by atoms with E-state index in [2.05, 4.69) is 0 Å². The molecule has 5 nitrogen and oxygen atoms in total. The van der Waals surface area contributed by atoms with Gasteiger partial charge >= 0.3 is 5.97 Å². The van der Waals surface area contributed by atoms with Crippen LogP contribution in [-0.2, 0) is 4.84 Å². The number of hydrogen-bond donors (Lipinski definition) is 0. The van der Waals surface area contributed by atoms with E-state index in [1.807, 2.05) is 12.1 Å². The Morgan fingerprint density at radius 1 is 0.913 bits per heavy atom. The topological polar surface area (TPSA) is 63.7 Å². The molecule has 0 saturated heterocycles. The van der Waals surface area contributed by atoms with Crippen LogP contribution in [0.4, 0.5) is 0 Å². The second-order valence-corrected chi connectivity index (χ2v) is 5.69. The van der Waals surface area contributed by atoms with Gasteiger partial charge in [0.15, 0.2) is 0 Å². The molecule has 4 rings (SSSR count). The minimum absolute atomic E-state index is 0.251. The fourth-order valence-electron chi connectivity index (χ4n) is 2.82. The molecule has 1 aliphatic carbocycles. The van der Waals surface area contributed by atoms with Crippen LogP contribution in [0.1, 0.15) is 55.4 Å². The molecule has 0 aromatic heterocycles. The van der Waals surface area contributed by atoms with Crippen LogP contribution in [0.3, 0.4) is 0 Å². The molecule has 5 heteroatoms. The molecular formula is C18H13NO4. The summed E-state index contributed by atoms with van der Waals surface area (Å²) in [5.74, 6) is -1.53. The van der Waals surface area contributed by atoms with E-state index >= 15 is 0 Å². The summed E-state index contributed by atoms with van der Waals surface area (Å²) in [4.78, 5) is 42.0. The first-order chi connectivity index (χ1) is 11.2. The molecule has 0 unspecified atom stereocenters. The van der Waals surface area contributed by atoms with Crippen LogP contribution in [-0.4, -0.2) is 22.8 Å². The fraction of sp³-hybridized carbons (Fsp3) is 0.167. The lowest BCUT2D eigenvalue weighted by molar-refractivity contribution is -0.0585. The second kappa shape index (κ2) is 5.05.